The highest BCUT2D eigenvalue weighted by Crippen LogP contribution is 2.18. The zero-order chi connectivity index (χ0) is 50.7. The van der Waals surface area contributed by atoms with Gasteiger partial charge in [0.2, 0.25) is 5.91 Å². The predicted molar refractivity (Wildman–Crippen MR) is 306 cm³/mol. The third kappa shape index (κ3) is 55.9. The molecule has 6 heteroatoms. The second kappa shape index (κ2) is 60.2. The Hall–Kier alpha value is -1.40. The molecule has 1 amide bonds. The lowest BCUT2D eigenvalue weighted by molar-refractivity contribution is -0.143. The van der Waals surface area contributed by atoms with Crippen LogP contribution in [0.5, 0.6) is 0 Å². The van der Waals surface area contributed by atoms with E-state index in [9.17, 15) is 19.8 Å². The number of hydrogen-bond donors (Lipinski definition) is 3. The van der Waals surface area contributed by atoms with Crippen molar-refractivity contribution in [2.45, 2.75) is 373 Å². The summed E-state index contributed by atoms with van der Waals surface area (Å²) in [4.78, 5) is 24.5. The minimum atomic E-state index is -0.663. The van der Waals surface area contributed by atoms with Gasteiger partial charge in [0.15, 0.2) is 0 Å². The molecule has 0 aromatic rings. The SMILES string of the molecule is CCCCCCCCCCCCCCCCCCC(=O)OCCCCCCCCCCCCCC/C=C\CCCCCCCCCCCCC(=O)NC(CO)C(O)CCCCCCCCCCCCC. The van der Waals surface area contributed by atoms with Crippen molar-refractivity contribution in [1.29, 1.82) is 0 Å². The van der Waals surface area contributed by atoms with E-state index in [4.69, 9.17) is 4.74 Å². The highest BCUT2D eigenvalue weighted by atomic mass is 16.5. The molecule has 0 aliphatic heterocycles. The van der Waals surface area contributed by atoms with E-state index in [0.29, 0.717) is 25.9 Å². The van der Waals surface area contributed by atoms with Crippen LogP contribution in [-0.4, -0.2) is 47.4 Å². The molecular weight excluding hydrogens is 863 g/mol. The van der Waals surface area contributed by atoms with Crippen molar-refractivity contribution in [3.05, 3.63) is 12.2 Å². The van der Waals surface area contributed by atoms with E-state index in [1.54, 1.807) is 0 Å². The van der Waals surface area contributed by atoms with Gasteiger partial charge in [-0.15, -0.1) is 0 Å². The lowest BCUT2D eigenvalue weighted by atomic mass is 10.0. The number of carbonyl (C=O) groups excluding carboxylic acids is 2. The Balaban J connectivity index is 3.35. The average Bonchev–Trinajstić information content (AvgIpc) is 3.36. The molecule has 70 heavy (non-hydrogen) atoms. The predicted octanol–water partition coefficient (Wildman–Crippen LogP) is 20.0. The van der Waals surface area contributed by atoms with Crippen LogP contribution in [0, 0.1) is 0 Å². The molecule has 2 unspecified atom stereocenters. The van der Waals surface area contributed by atoms with E-state index in [1.807, 2.05) is 0 Å². The molecule has 416 valence electrons. The van der Waals surface area contributed by atoms with Gasteiger partial charge >= 0.3 is 5.97 Å². The van der Waals surface area contributed by atoms with Crippen molar-refractivity contribution in [3.63, 3.8) is 0 Å². The summed E-state index contributed by atoms with van der Waals surface area (Å²) in [6.45, 7) is 4.97. The van der Waals surface area contributed by atoms with Crippen molar-refractivity contribution in [2.24, 2.45) is 0 Å². The maximum atomic E-state index is 12.4. The molecule has 0 spiro atoms. The Bertz CT molecular complexity index is 1050. The fourth-order valence-electron chi connectivity index (χ4n) is 10.2. The minimum absolute atomic E-state index is 0.0184. The van der Waals surface area contributed by atoms with Crippen LogP contribution in [0.3, 0.4) is 0 Å². The molecule has 0 rings (SSSR count). The van der Waals surface area contributed by atoms with Crippen molar-refractivity contribution >= 4 is 11.9 Å². The first-order chi connectivity index (χ1) is 34.5. The number of aliphatic hydroxyl groups is 2. The lowest BCUT2D eigenvalue weighted by Gasteiger charge is -2.22. The summed E-state index contributed by atoms with van der Waals surface area (Å²) in [5.41, 5.74) is 0. The van der Waals surface area contributed by atoms with Crippen LogP contribution in [0.15, 0.2) is 12.2 Å². The minimum Gasteiger partial charge on any atom is -0.466 e. The van der Waals surface area contributed by atoms with Crippen LogP contribution in [0.2, 0.25) is 0 Å². The summed E-state index contributed by atoms with van der Waals surface area (Å²) < 4.78 is 5.50. The van der Waals surface area contributed by atoms with Crippen molar-refractivity contribution in [1.82, 2.24) is 5.32 Å². The molecule has 0 aromatic carbocycles. The summed E-state index contributed by atoms with van der Waals surface area (Å²) in [7, 11) is 0. The Kier molecular flexibility index (Phi) is 59.0. The fraction of sp³-hybridized carbons (Fsp3) is 0.938. The molecule has 0 saturated heterocycles. The van der Waals surface area contributed by atoms with Crippen molar-refractivity contribution in [2.75, 3.05) is 13.2 Å². The van der Waals surface area contributed by atoms with Gasteiger partial charge < -0.3 is 20.3 Å². The molecule has 2 atom stereocenters. The van der Waals surface area contributed by atoms with Crippen LogP contribution in [0.1, 0.15) is 361 Å². The second-order valence-electron chi connectivity index (χ2n) is 22.1. The van der Waals surface area contributed by atoms with E-state index in [0.717, 1.165) is 38.5 Å². The number of unbranched alkanes of at least 4 members (excludes halogenated alkanes) is 47. The Morgan fingerprint density at radius 1 is 0.386 bits per heavy atom. The highest BCUT2D eigenvalue weighted by Gasteiger charge is 2.20. The average molecular weight is 989 g/mol. The summed E-state index contributed by atoms with van der Waals surface area (Å²) in [5.74, 6) is -0.0178. The number of aliphatic hydroxyl groups excluding tert-OH is 2. The smallest absolute Gasteiger partial charge is 0.305 e. The molecule has 0 aliphatic rings. The van der Waals surface area contributed by atoms with Crippen LogP contribution < -0.4 is 5.32 Å². The first-order valence-corrected chi connectivity index (χ1v) is 31.9. The third-order valence-electron chi connectivity index (χ3n) is 15.1. The molecule has 3 N–H and O–H groups in total. The number of carbonyl (C=O) groups is 2. The Morgan fingerprint density at radius 3 is 1.01 bits per heavy atom. The van der Waals surface area contributed by atoms with Gasteiger partial charge in [-0.3, -0.25) is 9.59 Å². The van der Waals surface area contributed by atoms with Gasteiger partial charge in [0.05, 0.1) is 25.4 Å². The van der Waals surface area contributed by atoms with Crippen LogP contribution in [0.4, 0.5) is 0 Å². The van der Waals surface area contributed by atoms with Gasteiger partial charge in [0.25, 0.3) is 0 Å². The number of amides is 1. The van der Waals surface area contributed by atoms with Gasteiger partial charge in [-0.05, 0) is 51.4 Å². The van der Waals surface area contributed by atoms with Gasteiger partial charge in [-0.25, -0.2) is 0 Å². The zero-order valence-corrected chi connectivity index (χ0v) is 47.5. The molecule has 0 bridgehead atoms. The maximum absolute atomic E-state index is 12.4. The molecule has 0 aliphatic carbocycles. The largest absolute Gasteiger partial charge is 0.466 e. The van der Waals surface area contributed by atoms with Gasteiger partial charge in [0, 0.05) is 12.8 Å². The van der Waals surface area contributed by atoms with Crippen LogP contribution in [0.25, 0.3) is 0 Å². The molecular formula is C64H125NO5. The first kappa shape index (κ1) is 68.6. The molecule has 0 radical (unpaired) electrons. The summed E-state index contributed by atoms with van der Waals surface area (Å²) in [6, 6.07) is -0.540. The standard InChI is InChI=1S/C64H125NO5/c1-3-5-7-9-11-13-15-16-17-31-34-38-42-46-50-54-58-64(69)70-59-55-51-47-43-39-35-32-29-27-25-23-21-19-18-20-22-24-26-28-30-33-37-41-45-49-53-57-63(68)65-61(60-66)62(67)56-52-48-44-40-36-14-12-10-8-6-4-2/h18,20,61-62,66-67H,3-17,19,21-60H2,1-2H3,(H,65,68)/b20-18-. The quantitative estimate of drug-likeness (QED) is 0.0321. The Labute approximate surface area is 438 Å². The number of esters is 1. The normalized spacial score (nSPS) is 12.6. The lowest BCUT2D eigenvalue weighted by Crippen LogP contribution is -2.45. The van der Waals surface area contributed by atoms with Gasteiger partial charge in [0.1, 0.15) is 0 Å². The molecule has 0 aromatic heterocycles. The van der Waals surface area contributed by atoms with Crippen molar-refractivity contribution < 1.29 is 24.5 Å². The molecule has 0 fully saturated rings. The van der Waals surface area contributed by atoms with Crippen LogP contribution >= 0.6 is 0 Å². The zero-order valence-electron chi connectivity index (χ0n) is 47.5. The number of rotatable bonds is 60. The first-order valence-electron chi connectivity index (χ1n) is 31.9. The van der Waals surface area contributed by atoms with E-state index in [2.05, 4.69) is 31.3 Å². The number of nitrogens with one attached hydrogen (secondary N) is 1. The van der Waals surface area contributed by atoms with E-state index in [-0.39, 0.29) is 18.5 Å². The molecule has 0 heterocycles. The molecule has 0 saturated carbocycles. The highest BCUT2D eigenvalue weighted by molar-refractivity contribution is 5.76. The number of allylic oxidation sites excluding steroid dienone is 2. The van der Waals surface area contributed by atoms with E-state index < -0.39 is 12.1 Å². The maximum Gasteiger partial charge on any atom is 0.305 e. The van der Waals surface area contributed by atoms with E-state index >= 15 is 0 Å². The van der Waals surface area contributed by atoms with Gasteiger partial charge in [-0.1, -0.05) is 309 Å². The second-order valence-corrected chi connectivity index (χ2v) is 22.1. The van der Waals surface area contributed by atoms with Crippen molar-refractivity contribution in [3.8, 4) is 0 Å². The number of ether oxygens (including phenoxy) is 1. The topological polar surface area (TPSA) is 95.9 Å². The van der Waals surface area contributed by atoms with Crippen LogP contribution in [-0.2, 0) is 14.3 Å². The third-order valence-corrected chi connectivity index (χ3v) is 15.1. The monoisotopic (exact) mass is 988 g/mol. The summed E-state index contributed by atoms with van der Waals surface area (Å²) in [6.07, 6.45) is 72.4. The summed E-state index contributed by atoms with van der Waals surface area (Å²) >= 11 is 0. The van der Waals surface area contributed by atoms with Gasteiger partial charge in [-0.2, -0.15) is 0 Å². The number of hydrogen-bond acceptors (Lipinski definition) is 5. The van der Waals surface area contributed by atoms with E-state index in [1.165, 1.54) is 289 Å². The fourth-order valence-corrected chi connectivity index (χ4v) is 10.2. The Morgan fingerprint density at radius 2 is 0.671 bits per heavy atom. The summed E-state index contributed by atoms with van der Waals surface area (Å²) in [5, 5.41) is 23.2. The molecule has 6 nitrogen and oxygen atoms in total.